The molecule has 0 aliphatic carbocycles. The highest BCUT2D eigenvalue weighted by Gasteiger charge is 2.37. The molecule has 0 aliphatic heterocycles. The standard InChI is InChI=1S/C15H22N2O4/c1-14(2,3)21-13(19)17(5)15(4,10-18)11-7-12(20-6)9-16-8-11/h7-10H,1-6H3. The first-order valence-corrected chi connectivity index (χ1v) is 6.56. The van der Waals surface area contributed by atoms with Crippen molar-refractivity contribution in [2.75, 3.05) is 14.2 Å². The molecule has 0 bridgehead atoms. The Morgan fingerprint density at radius 3 is 2.38 bits per heavy atom. The summed E-state index contributed by atoms with van der Waals surface area (Å²) in [5.41, 5.74) is -1.28. The molecule has 116 valence electrons. The number of hydrogen-bond acceptors (Lipinski definition) is 5. The van der Waals surface area contributed by atoms with E-state index < -0.39 is 17.2 Å². The Morgan fingerprint density at radius 2 is 1.90 bits per heavy atom. The fourth-order valence-electron chi connectivity index (χ4n) is 1.67. The zero-order chi connectivity index (χ0) is 16.3. The van der Waals surface area contributed by atoms with Gasteiger partial charge >= 0.3 is 6.09 Å². The second kappa shape index (κ2) is 6.11. The summed E-state index contributed by atoms with van der Waals surface area (Å²) >= 11 is 0. The first-order chi connectivity index (χ1) is 9.64. The minimum Gasteiger partial charge on any atom is -0.495 e. The van der Waals surface area contributed by atoms with E-state index in [0.717, 1.165) is 0 Å². The van der Waals surface area contributed by atoms with Crippen molar-refractivity contribution in [1.82, 2.24) is 9.88 Å². The summed E-state index contributed by atoms with van der Waals surface area (Å²) in [7, 11) is 3.03. The monoisotopic (exact) mass is 294 g/mol. The highest BCUT2D eigenvalue weighted by molar-refractivity contribution is 5.77. The fourth-order valence-corrected chi connectivity index (χ4v) is 1.67. The van der Waals surface area contributed by atoms with E-state index in [4.69, 9.17) is 9.47 Å². The number of carbonyl (C=O) groups excluding carboxylic acids is 2. The van der Waals surface area contributed by atoms with Crippen molar-refractivity contribution in [1.29, 1.82) is 0 Å². The summed E-state index contributed by atoms with van der Waals surface area (Å²) in [6.45, 7) is 6.93. The van der Waals surface area contributed by atoms with Crippen molar-refractivity contribution in [3.05, 3.63) is 24.0 Å². The van der Waals surface area contributed by atoms with Gasteiger partial charge in [0, 0.05) is 18.8 Å². The minimum atomic E-state index is -1.19. The molecule has 0 aromatic carbocycles. The van der Waals surface area contributed by atoms with Gasteiger partial charge in [-0.2, -0.15) is 0 Å². The highest BCUT2D eigenvalue weighted by atomic mass is 16.6. The predicted molar refractivity (Wildman–Crippen MR) is 78.2 cm³/mol. The smallest absolute Gasteiger partial charge is 0.411 e. The molecule has 0 radical (unpaired) electrons. The number of aldehydes is 1. The van der Waals surface area contributed by atoms with Crippen LogP contribution >= 0.6 is 0 Å². The number of ether oxygens (including phenoxy) is 2. The summed E-state index contributed by atoms with van der Waals surface area (Å²) in [4.78, 5) is 29.1. The van der Waals surface area contributed by atoms with Crippen LogP contribution in [0, 0.1) is 0 Å². The number of carbonyl (C=O) groups is 2. The number of amides is 1. The number of pyridine rings is 1. The molecule has 1 unspecified atom stereocenters. The van der Waals surface area contributed by atoms with Gasteiger partial charge in [-0.1, -0.05) is 0 Å². The third-order valence-electron chi connectivity index (χ3n) is 3.13. The van der Waals surface area contributed by atoms with E-state index in [1.54, 1.807) is 33.8 Å². The van der Waals surface area contributed by atoms with Crippen molar-refractivity contribution < 1.29 is 19.1 Å². The van der Waals surface area contributed by atoms with Gasteiger partial charge in [0.15, 0.2) is 0 Å². The van der Waals surface area contributed by atoms with Gasteiger partial charge in [-0.25, -0.2) is 4.79 Å². The lowest BCUT2D eigenvalue weighted by Gasteiger charge is -2.35. The number of aromatic nitrogens is 1. The van der Waals surface area contributed by atoms with Crippen molar-refractivity contribution in [3.63, 3.8) is 0 Å². The first kappa shape index (κ1) is 16.9. The quantitative estimate of drug-likeness (QED) is 0.797. The molecule has 6 heteroatoms. The molecule has 0 spiro atoms. The number of rotatable bonds is 4. The average Bonchev–Trinajstić information content (AvgIpc) is 2.43. The molecular formula is C15H22N2O4. The van der Waals surface area contributed by atoms with Gasteiger partial charge < -0.3 is 14.3 Å². The Bertz CT molecular complexity index is 525. The fraction of sp³-hybridized carbons (Fsp3) is 0.533. The molecule has 0 saturated heterocycles. The summed E-state index contributed by atoms with van der Waals surface area (Å²) in [5, 5.41) is 0. The Balaban J connectivity index is 3.13. The maximum Gasteiger partial charge on any atom is 0.411 e. The van der Waals surface area contributed by atoms with Gasteiger partial charge in [0.1, 0.15) is 23.2 Å². The van der Waals surface area contributed by atoms with E-state index in [9.17, 15) is 9.59 Å². The average molecular weight is 294 g/mol. The molecule has 0 fully saturated rings. The molecule has 21 heavy (non-hydrogen) atoms. The van der Waals surface area contributed by atoms with Crippen LogP contribution in [-0.2, 0) is 15.1 Å². The molecule has 1 aromatic rings. The normalized spacial score (nSPS) is 14.0. The van der Waals surface area contributed by atoms with Crippen molar-refractivity contribution >= 4 is 12.4 Å². The van der Waals surface area contributed by atoms with Crippen molar-refractivity contribution in [2.45, 2.75) is 38.8 Å². The van der Waals surface area contributed by atoms with E-state index in [1.165, 1.54) is 31.5 Å². The maximum absolute atomic E-state index is 12.2. The van der Waals surface area contributed by atoms with Gasteiger partial charge in [0.05, 0.1) is 13.3 Å². The second-order valence-electron chi connectivity index (χ2n) is 5.92. The lowest BCUT2D eigenvalue weighted by atomic mass is 9.93. The summed E-state index contributed by atoms with van der Waals surface area (Å²) in [6, 6.07) is 1.67. The van der Waals surface area contributed by atoms with Crippen LogP contribution in [-0.4, -0.2) is 42.0 Å². The van der Waals surface area contributed by atoms with Gasteiger partial charge in [0.25, 0.3) is 0 Å². The molecule has 0 saturated carbocycles. The number of methoxy groups -OCH3 is 1. The third-order valence-corrected chi connectivity index (χ3v) is 3.13. The van der Waals surface area contributed by atoms with Gasteiger partial charge in [0.2, 0.25) is 0 Å². The Morgan fingerprint density at radius 1 is 1.29 bits per heavy atom. The Labute approximate surface area is 125 Å². The molecule has 1 atom stereocenters. The molecule has 1 amide bonds. The lowest BCUT2D eigenvalue weighted by Crippen LogP contribution is -2.48. The first-order valence-electron chi connectivity index (χ1n) is 6.56. The van der Waals surface area contributed by atoms with E-state index in [1.807, 2.05) is 0 Å². The van der Waals surface area contributed by atoms with Crippen LogP contribution in [0.25, 0.3) is 0 Å². The van der Waals surface area contributed by atoms with E-state index in [-0.39, 0.29) is 0 Å². The van der Waals surface area contributed by atoms with Crippen molar-refractivity contribution in [3.8, 4) is 5.75 Å². The molecule has 0 N–H and O–H groups in total. The molecule has 1 rings (SSSR count). The zero-order valence-corrected chi connectivity index (χ0v) is 13.3. The lowest BCUT2D eigenvalue weighted by molar-refractivity contribution is -0.117. The zero-order valence-electron chi connectivity index (χ0n) is 13.3. The second-order valence-corrected chi connectivity index (χ2v) is 5.92. The van der Waals surface area contributed by atoms with Gasteiger partial charge in [-0.3, -0.25) is 9.88 Å². The van der Waals surface area contributed by atoms with Crippen LogP contribution in [0.2, 0.25) is 0 Å². The molecular weight excluding hydrogens is 272 g/mol. The predicted octanol–water partition coefficient (Wildman–Crippen LogP) is 2.37. The molecule has 1 heterocycles. The Hall–Kier alpha value is -2.11. The summed E-state index contributed by atoms with van der Waals surface area (Å²) < 4.78 is 10.4. The maximum atomic E-state index is 12.2. The molecule has 6 nitrogen and oxygen atoms in total. The van der Waals surface area contributed by atoms with E-state index >= 15 is 0 Å². The number of nitrogens with zero attached hydrogens (tertiary/aromatic N) is 2. The van der Waals surface area contributed by atoms with Gasteiger partial charge in [-0.15, -0.1) is 0 Å². The van der Waals surface area contributed by atoms with E-state index in [2.05, 4.69) is 4.98 Å². The third kappa shape index (κ3) is 3.93. The van der Waals surface area contributed by atoms with Crippen molar-refractivity contribution in [2.24, 2.45) is 0 Å². The van der Waals surface area contributed by atoms with Crippen LogP contribution in [0.4, 0.5) is 4.79 Å². The van der Waals surface area contributed by atoms with Crippen LogP contribution in [0.3, 0.4) is 0 Å². The largest absolute Gasteiger partial charge is 0.495 e. The number of likely N-dealkylation sites (N-methyl/N-ethyl adjacent to an activating group) is 1. The van der Waals surface area contributed by atoms with Crippen LogP contribution < -0.4 is 4.74 Å². The molecule has 0 aliphatic rings. The van der Waals surface area contributed by atoms with Crippen LogP contribution in [0.15, 0.2) is 18.5 Å². The SMILES string of the molecule is COc1cncc(C(C)(C=O)N(C)C(=O)OC(C)(C)C)c1. The minimum absolute atomic E-state index is 0.512. The summed E-state index contributed by atoms with van der Waals surface area (Å²) in [6.07, 6.45) is 3.16. The number of hydrogen-bond donors (Lipinski definition) is 0. The van der Waals surface area contributed by atoms with Crippen LogP contribution in [0.1, 0.15) is 33.3 Å². The highest BCUT2D eigenvalue weighted by Crippen LogP contribution is 2.28. The Kier molecular flexibility index (Phi) is 4.93. The van der Waals surface area contributed by atoms with Gasteiger partial charge in [-0.05, 0) is 33.8 Å². The summed E-state index contributed by atoms with van der Waals surface area (Å²) in [5.74, 6) is 0.512. The topological polar surface area (TPSA) is 68.7 Å². The van der Waals surface area contributed by atoms with Crippen LogP contribution in [0.5, 0.6) is 5.75 Å². The van der Waals surface area contributed by atoms with E-state index in [0.29, 0.717) is 17.6 Å². The molecule has 1 aromatic heterocycles.